The van der Waals surface area contributed by atoms with Gasteiger partial charge in [0.05, 0.1) is 122 Å². The number of pyridine rings is 5. The Bertz CT molecular complexity index is 8030. The second-order valence-electron chi connectivity index (χ2n) is 27.6. The van der Waals surface area contributed by atoms with Crippen LogP contribution in [0.5, 0.6) is 0 Å². The first kappa shape index (κ1) is 48.5. The third-order valence-corrected chi connectivity index (χ3v) is 23.2. The van der Waals surface area contributed by atoms with Crippen LogP contribution in [0, 0.1) is 0 Å². The van der Waals surface area contributed by atoms with E-state index in [-0.39, 0.29) is 5.65 Å². The summed E-state index contributed by atoms with van der Waals surface area (Å²) in [5.74, 6) is 3.89. The number of hydrogen-bond donors (Lipinski definition) is 0. The molecule has 0 bridgehead atoms. The van der Waals surface area contributed by atoms with Gasteiger partial charge in [-0.25, -0.2) is 65.6 Å². The van der Waals surface area contributed by atoms with Gasteiger partial charge in [-0.15, -0.1) is 0 Å². The fourth-order valence-electron chi connectivity index (χ4n) is 17.4. The lowest BCUT2D eigenvalue weighted by atomic mass is 10.1. The number of aromatic nitrogens is 18. The molecule has 0 atom stereocenters. The molecule has 0 fully saturated rings. The van der Waals surface area contributed by atoms with E-state index in [2.05, 4.69) is 92.7 Å². The number of thiophene rings is 1. The van der Waals surface area contributed by atoms with E-state index in [4.69, 9.17) is 25.0 Å². The number of furan rings is 1. The maximum Gasteiger partial charge on any atom is 0.340 e. The lowest BCUT2D eigenvalue weighted by Crippen LogP contribution is -2.31. The Hall–Kier alpha value is -13.5. The zero-order valence-electron chi connectivity index (χ0n) is 73.0. The smallest absolute Gasteiger partial charge is 0.340 e. The van der Waals surface area contributed by atoms with E-state index < -0.39 is 34.9 Å². The molecule has 0 radical (unpaired) electrons. The number of nitrogens with zero attached hydrogens (tertiary/aromatic N) is 18. The van der Waals surface area contributed by atoms with Crippen LogP contribution in [0.2, 0.25) is 0 Å². The van der Waals surface area contributed by atoms with Crippen LogP contribution in [-0.2, 0) is 81.7 Å². The second-order valence-corrected chi connectivity index (χ2v) is 28.7. The molecule has 20 heteroatoms. The Balaban J connectivity index is 0.0000000921. The number of para-hydroxylation sites is 1. The van der Waals surface area contributed by atoms with E-state index in [0.717, 1.165) is 111 Å². The molecule has 108 heavy (non-hydrogen) atoms. The number of rotatable bonds is 1. The van der Waals surface area contributed by atoms with Gasteiger partial charge in [0.15, 0.2) is 11.1 Å². The van der Waals surface area contributed by atoms with Gasteiger partial charge in [0, 0.05) is 42.1 Å². The highest BCUT2D eigenvalue weighted by atomic mass is 32.1. The van der Waals surface area contributed by atoms with Crippen molar-refractivity contribution in [2.45, 2.75) is 32.7 Å². The zero-order valence-corrected chi connectivity index (χ0v) is 58.8. The first-order valence-electron chi connectivity index (χ1n) is 42.9. The average molecular weight is 1440 g/mol. The van der Waals surface area contributed by atoms with Gasteiger partial charge in [-0.1, -0.05) is 121 Å². The summed E-state index contributed by atoms with van der Waals surface area (Å²) >= 11 is 1.83. The summed E-state index contributed by atoms with van der Waals surface area (Å²) in [7, 11) is 4.06. The molecule has 0 unspecified atom stereocenters. The van der Waals surface area contributed by atoms with Crippen LogP contribution in [0.4, 0.5) is 0 Å². The maximum absolute atomic E-state index is 8.36. The minimum absolute atomic E-state index is 0.146. The van der Waals surface area contributed by atoms with Crippen LogP contribution in [-0.4, -0.2) is 61.5 Å². The molecule has 0 N–H and O–H groups in total. The summed E-state index contributed by atoms with van der Waals surface area (Å²) in [6.07, 6.45) is 8.69. The summed E-state index contributed by atoms with van der Waals surface area (Å²) in [5.41, 5.74) is 24.6. The standard InChI is InChI=1S/C22H17N4.2C17H15N4.C16H12N3O.C16H12N3S/c1-24-21-17-11-6-5-8-15(17)14-25(21)20-19-18(12-7-13-23-19)26(22(20)24)16-9-3-2-4-10-16;2*1-19-13-8-5-9-18-14(13)15-17(19)20(2)16-12-7-4-3-6-11(12)10-21(15)16;2*1-18-15-11-6-3-2-5-10(11)9-19(15)14-13-12(20-16(14)18)7-4-8-17-13/h2-13H,14H2,1H3;2*3-9H,10H2,1-2H3;2*2-8H,9H2,1H3/q5*+1/i1D3;1D3,2D3;2D3;1D3;. The van der Waals surface area contributed by atoms with Crippen LogP contribution >= 0.6 is 11.3 Å². The van der Waals surface area contributed by atoms with Crippen molar-refractivity contribution in [3.63, 3.8) is 0 Å². The molecule has 0 amide bonds. The van der Waals surface area contributed by atoms with Crippen LogP contribution in [0.25, 0.3) is 172 Å². The second kappa shape index (κ2) is 23.3. The number of benzene rings is 6. The fraction of sp³-hybridized carbons (Fsp3) is 0.136. The predicted octanol–water partition coefficient (Wildman–Crippen LogP) is 14.3. The van der Waals surface area contributed by atoms with Crippen LogP contribution in [0.3, 0.4) is 0 Å². The molecule has 0 saturated carbocycles. The van der Waals surface area contributed by atoms with Crippen LogP contribution in [0.15, 0.2) is 248 Å². The van der Waals surface area contributed by atoms with Gasteiger partial charge in [0.2, 0.25) is 49.9 Å². The molecule has 520 valence electrons. The molecular formula is C88H71N18OS+5. The fourth-order valence-corrected chi connectivity index (χ4v) is 18.5. The van der Waals surface area contributed by atoms with Gasteiger partial charge >= 0.3 is 5.71 Å². The topological polar surface area (TPSA) is 136 Å². The van der Waals surface area contributed by atoms with E-state index in [0.29, 0.717) is 88.3 Å². The lowest BCUT2D eigenvalue weighted by Gasteiger charge is -2.03. The molecule has 0 spiro atoms. The molecular weight excluding hydrogens is 1360 g/mol. The van der Waals surface area contributed by atoms with Gasteiger partial charge < -0.3 is 4.42 Å². The quantitative estimate of drug-likeness (QED) is 0.150. The molecule has 20 heterocycles. The van der Waals surface area contributed by atoms with Gasteiger partial charge in [0.1, 0.15) is 57.4 Å². The van der Waals surface area contributed by atoms with E-state index in [1.165, 1.54) is 50.3 Å². The minimum Gasteiger partial charge on any atom is -0.417 e. The van der Waals surface area contributed by atoms with E-state index in [9.17, 15) is 0 Å². The number of hydrogen-bond acceptors (Lipinski definition) is 7. The molecule has 21 aromatic rings. The normalized spacial score (nSPS) is 15.6. The largest absolute Gasteiger partial charge is 0.417 e. The van der Waals surface area contributed by atoms with Crippen molar-refractivity contribution in [3.05, 3.63) is 271 Å². The number of imidazole rings is 5. The van der Waals surface area contributed by atoms with E-state index >= 15 is 0 Å². The average Bonchev–Trinajstić information content (AvgIpc) is 2.16. The van der Waals surface area contributed by atoms with E-state index in [1.807, 2.05) is 188 Å². The molecule has 19 nitrogen and oxygen atoms in total. The van der Waals surface area contributed by atoms with Gasteiger partial charge in [-0.3, -0.25) is 14.1 Å². The minimum atomic E-state index is -2.55. The third kappa shape index (κ3) is 8.59. The molecule has 26 rings (SSSR count). The van der Waals surface area contributed by atoms with Crippen molar-refractivity contribution in [3.8, 4) is 62.6 Å². The maximum atomic E-state index is 8.36. The van der Waals surface area contributed by atoms with Crippen molar-refractivity contribution < 1.29 is 47.8 Å². The SMILES string of the molecule is C[n+]1c2n(c3c4ncccc4sc31)Cc1ccccc1-2.[2H]C([2H])([2H])[n+]1c2n(c3c4ncccc4n(-c4ccccc4)c31)Cc1ccccc1-2.[2H]C([2H])([2H])[n+]1c2n(c3c4ncccc4n(C)c31)Cc1ccccc1-2.[2H]C([2H])([2H])[n+]1c2n(c3c4ncccc4oc31)Cc1ccccc1-2.[2H]C([2H])([2H])n1c2cccnc2c2c1[n+](C([2H])([2H])[2H])c1n2Cc2ccccc2-1. The van der Waals surface area contributed by atoms with E-state index in [1.54, 1.807) is 49.1 Å². The molecule has 15 aromatic heterocycles. The summed E-state index contributed by atoms with van der Waals surface area (Å²) in [4.78, 5) is 23.9. The first-order valence-corrected chi connectivity index (χ1v) is 36.3. The highest BCUT2D eigenvalue weighted by Crippen LogP contribution is 2.44. The Morgan fingerprint density at radius 3 is 1.24 bits per heavy atom. The Morgan fingerprint density at radius 1 is 0.352 bits per heavy atom. The van der Waals surface area contributed by atoms with Gasteiger partial charge in [0.25, 0.3) is 28.6 Å². The van der Waals surface area contributed by atoms with Crippen molar-refractivity contribution in [2.75, 3.05) is 0 Å². The Labute approximate surface area is 642 Å². The zero-order chi connectivity index (χ0) is 84.6. The molecule has 5 aliphatic heterocycles. The first-order chi connectivity index (χ1) is 59.1. The van der Waals surface area contributed by atoms with Crippen molar-refractivity contribution in [2.24, 2.45) is 49.0 Å². The van der Waals surface area contributed by atoms with Crippen molar-refractivity contribution in [1.82, 2.24) is 61.5 Å². The monoisotopic (exact) mass is 1440 g/mol. The van der Waals surface area contributed by atoms with Gasteiger partial charge in [-0.05, 0) is 120 Å². The van der Waals surface area contributed by atoms with Crippen LogP contribution < -0.4 is 22.8 Å². The molecule has 0 aliphatic carbocycles. The highest BCUT2D eigenvalue weighted by Gasteiger charge is 2.41. The highest BCUT2D eigenvalue weighted by molar-refractivity contribution is 7.25. The number of aryl methyl sites for hydroxylation is 7. The molecule has 6 aromatic carbocycles. The summed E-state index contributed by atoms with van der Waals surface area (Å²) < 4.78 is 152. The molecule has 0 saturated heterocycles. The summed E-state index contributed by atoms with van der Waals surface area (Å²) in [5, 5.41) is 0. The Kier molecular flexibility index (Phi) is 10.5. The third-order valence-electron chi connectivity index (χ3n) is 21.9. The lowest BCUT2D eigenvalue weighted by molar-refractivity contribution is -0.640. The van der Waals surface area contributed by atoms with Crippen molar-refractivity contribution in [1.29, 1.82) is 0 Å². The number of fused-ring (bicyclic) bond motifs is 35. The van der Waals surface area contributed by atoms with Crippen molar-refractivity contribution >= 4 is 121 Å². The molecule has 5 aliphatic rings. The van der Waals surface area contributed by atoms with Crippen LogP contribution in [0.1, 0.15) is 48.4 Å². The Morgan fingerprint density at radius 2 is 0.731 bits per heavy atom. The predicted molar refractivity (Wildman–Crippen MR) is 422 cm³/mol. The van der Waals surface area contributed by atoms with Gasteiger partial charge in [-0.2, -0.15) is 4.57 Å². The summed E-state index contributed by atoms with van der Waals surface area (Å²) in [6, 6.07) is 68.8. The summed E-state index contributed by atoms with van der Waals surface area (Å²) in [6.45, 7) is -8.68.